The van der Waals surface area contributed by atoms with E-state index in [0.717, 1.165) is 26.9 Å². The van der Waals surface area contributed by atoms with Gasteiger partial charge in [0.25, 0.3) is 0 Å². The molecule has 14 heteroatoms. The number of hydrogen-bond acceptors (Lipinski definition) is 9. The summed E-state index contributed by atoms with van der Waals surface area (Å²) in [4.78, 5) is 61.1. The van der Waals surface area contributed by atoms with Crippen molar-refractivity contribution in [3.63, 3.8) is 0 Å². The summed E-state index contributed by atoms with van der Waals surface area (Å²) in [5, 5.41) is 9.19. The highest BCUT2D eigenvalue weighted by Gasteiger charge is 2.52. The van der Waals surface area contributed by atoms with E-state index < -0.39 is 18.3 Å². The Kier molecular flexibility index (Phi) is 9.73. The van der Waals surface area contributed by atoms with E-state index in [-0.39, 0.29) is 50.5 Å². The lowest BCUT2D eigenvalue weighted by Crippen LogP contribution is -2.66. The zero-order chi connectivity index (χ0) is 33.8. The summed E-state index contributed by atoms with van der Waals surface area (Å²) >= 11 is 1.39. The van der Waals surface area contributed by atoms with Gasteiger partial charge in [0.15, 0.2) is 5.13 Å². The van der Waals surface area contributed by atoms with Gasteiger partial charge < -0.3 is 25.6 Å². The van der Waals surface area contributed by atoms with Crippen LogP contribution in [-0.2, 0) is 33.9 Å². The van der Waals surface area contributed by atoms with Gasteiger partial charge in [0.05, 0.1) is 23.3 Å². The Balaban J connectivity index is 1.23. The van der Waals surface area contributed by atoms with Gasteiger partial charge in [-0.05, 0) is 41.3 Å². The van der Waals surface area contributed by atoms with Crippen molar-refractivity contribution < 1.29 is 23.9 Å². The molecule has 0 aliphatic carbocycles. The van der Waals surface area contributed by atoms with Crippen LogP contribution in [0.15, 0.2) is 72.8 Å². The number of fused-ring (bicyclic) bond motifs is 2. The van der Waals surface area contributed by atoms with Crippen molar-refractivity contribution in [3.8, 4) is 0 Å². The number of hydrazine groups is 1. The highest BCUT2D eigenvalue weighted by molar-refractivity contribution is 7.22. The number of para-hydroxylation sites is 1. The fraction of sp³-hybridized carbons (Fsp3) is 0.324. The molecule has 2 aliphatic rings. The fourth-order valence-electron chi connectivity index (χ4n) is 6.26. The third-order valence-electron chi connectivity index (χ3n) is 8.48. The summed E-state index contributed by atoms with van der Waals surface area (Å²) in [7, 11) is 1.56. The second-order valence-electron chi connectivity index (χ2n) is 11.7. The molecule has 1 aromatic heterocycles. The molecule has 13 nitrogen and oxygen atoms in total. The lowest BCUT2D eigenvalue weighted by Gasteiger charge is -2.46. The maximum absolute atomic E-state index is 14.3. The molecule has 4 aromatic rings. The molecular formula is C34H38N8O5S. The molecule has 3 aromatic carbocycles. The van der Waals surface area contributed by atoms with Crippen molar-refractivity contribution in [3.05, 3.63) is 89.5 Å². The van der Waals surface area contributed by atoms with E-state index in [4.69, 9.17) is 10.5 Å². The van der Waals surface area contributed by atoms with Gasteiger partial charge in [0.2, 0.25) is 11.8 Å². The minimum atomic E-state index is -0.816. The van der Waals surface area contributed by atoms with Gasteiger partial charge in [-0.1, -0.05) is 72.9 Å². The average molecular weight is 671 g/mol. The van der Waals surface area contributed by atoms with Crippen molar-refractivity contribution in [2.75, 3.05) is 37.7 Å². The van der Waals surface area contributed by atoms with Gasteiger partial charge in [0, 0.05) is 32.2 Å². The Bertz CT molecular complexity index is 1800. The molecule has 2 saturated heterocycles. The van der Waals surface area contributed by atoms with Crippen LogP contribution in [-0.4, -0.2) is 87.6 Å². The van der Waals surface area contributed by atoms with Gasteiger partial charge in [-0.2, -0.15) is 5.01 Å². The number of hydrogen-bond donors (Lipinski definition) is 3. The van der Waals surface area contributed by atoms with Gasteiger partial charge in [0.1, 0.15) is 18.8 Å². The van der Waals surface area contributed by atoms with Crippen molar-refractivity contribution >= 4 is 56.3 Å². The SMILES string of the molecule is CCCN(C(=O)NC)N1CC(=O)N2C(Cc3ccc(NC(=O)OCc4ccccc4)cc3)C(=O)N(Cc3cccc4sc(N)nc34)CC21. The molecule has 3 heterocycles. The van der Waals surface area contributed by atoms with E-state index in [0.29, 0.717) is 23.8 Å². The number of nitrogens with two attached hydrogens (primary N) is 1. The Morgan fingerprint density at radius 2 is 1.81 bits per heavy atom. The lowest BCUT2D eigenvalue weighted by atomic mass is 9.99. The molecule has 0 saturated carbocycles. The van der Waals surface area contributed by atoms with E-state index in [9.17, 15) is 19.2 Å². The van der Waals surface area contributed by atoms with Crippen LogP contribution in [0.4, 0.5) is 20.4 Å². The summed E-state index contributed by atoms with van der Waals surface area (Å²) < 4.78 is 6.25. The normalized spacial score (nSPS) is 17.8. The molecule has 0 bridgehead atoms. The Labute approximate surface area is 282 Å². The molecule has 0 spiro atoms. The zero-order valence-corrected chi connectivity index (χ0v) is 27.6. The van der Waals surface area contributed by atoms with Crippen molar-refractivity contribution in [2.24, 2.45) is 0 Å². The summed E-state index contributed by atoms with van der Waals surface area (Å²) in [6.45, 7) is 2.98. The van der Waals surface area contributed by atoms with Gasteiger partial charge >= 0.3 is 12.1 Å². The van der Waals surface area contributed by atoms with Crippen molar-refractivity contribution in [1.82, 2.24) is 30.1 Å². The van der Waals surface area contributed by atoms with Crippen LogP contribution in [0.2, 0.25) is 0 Å². The van der Waals surface area contributed by atoms with Crippen LogP contribution in [0.3, 0.4) is 0 Å². The number of anilines is 2. The summed E-state index contributed by atoms with van der Waals surface area (Å²) in [5.74, 6) is -0.424. The maximum atomic E-state index is 14.3. The molecule has 250 valence electrons. The minimum absolute atomic E-state index is 0.0259. The number of carbonyl (C=O) groups is 4. The number of nitrogen functional groups attached to an aromatic ring is 1. The standard InChI is InChI=1S/C34H38N8O5S/c1-3-16-40(33(45)36-2)41-20-29(43)42-26(17-22-12-14-25(15-13-22)37-34(46)47-21-23-8-5-4-6-9-23)31(44)39(19-28(41)42)18-24-10-7-11-27-30(24)38-32(35)48-27/h4-15,26,28H,3,16-21H2,1-2H3,(H2,35,38)(H,36,45)(H,37,46). The maximum Gasteiger partial charge on any atom is 0.411 e. The number of amides is 5. The number of nitrogens with one attached hydrogen (secondary N) is 2. The highest BCUT2D eigenvalue weighted by Crippen LogP contribution is 2.32. The number of nitrogens with zero attached hydrogens (tertiary/aromatic N) is 5. The fourth-order valence-corrected chi connectivity index (χ4v) is 7.04. The van der Waals surface area contributed by atoms with Crippen LogP contribution in [0, 0.1) is 0 Å². The van der Waals surface area contributed by atoms with E-state index in [1.165, 1.54) is 11.3 Å². The first-order chi connectivity index (χ1) is 23.2. The summed E-state index contributed by atoms with van der Waals surface area (Å²) in [6, 6.07) is 21.2. The molecule has 2 aliphatic heterocycles. The largest absolute Gasteiger partial charge is 0.444 e. The molecular weight excluding hydrogens is 632 g/mol. The van der Waals surface area contributed by atoms with Crippen molar-refractivity contribution in [2.45, 2.75) is 45.1 Å². The third kappa shape index (κ3) is 6.89. The number of piperazine rings is 1. The second-order valence-corrected chi connectivity index (χ2v) is 12.8. The number of benzene rings is 3. The zero-order valence-electron chi connectivity index (χ0n) is 26.8. The number of ether oxygens (including phenoxy) is 1. The highest BCUT2D eigenvalue weighted by atomic mass is 32.1. The predicted molar refractivity (Wildman–Crippen MR) is 182 cm³/mol. The molecule has 5 amide bonds. The first-order valence-corrected chi connectivity index (χ1v) is 16.6. The molecule has 48 heavy (non-hydrogen) atoms. The number of aromatic nitrogens is 1. The molecule has 2 unspecified atom stereocenters. The van der Waals surface area contributed by atoms with Gasteiger partial charge in [-0.3, -0.25) is 19.9 Å². The monoisotopic (exact) mass is 670 g/mol. The molecule has 0 radical (unpaired) electrons. The van der Waals surface area contributed by atoms with E-state index >= 15 is 0 Å². The quantitative estimate of drug-likeness (QED) is 0.229. The van der Waals surface area contributed by atoms with Crippen molar-refractivity contribution in [1.29, 1.82) is 0 Å². The Hall–Kier alpha value is -5.21. The molecule has 4 N–H and O–H groups in total. The average Bonchev–Trinajstić information content (AvgIpc) is 3.64. The number of rotatable bonds is 10. The molecule has 2 atom stereocenters. The lowest BCUT2D eigenvalue weighted by molar-refractivity contribution is -0.157. The first kappa shape index (κ1) is 32.7. The number of carbonyl (C=O) groups excluding carboxylic acids is 4. The number of urea groups is 1. The van der Waals surface area contributed by atoms with Crippen LogP contribution >= 0.6 is 11.3 Å². The Morgan fingerprint density at radius 3 is 2.54 bits per heavy atom. The van der Waals surface area contributed by atoms with Gasteiger partial charge in [-0.25, -0.2) is 14.6 Å². The molecule has 2 fully saturated rings. The minimum Gasteiger partial charge on any atom is -0.444 e. The predicted octanol–water partition coefficient (Wildman–Crippen LogP) is 4.02. The van der Waals surface area contributed by atoms with Gasteiger partial charge in [-0.15, -0.1) is 0 Å². The topological polar surface area (TPSA) is 153 Å². The van der Waals surface area contributed by atoms with E-state index in [1.54, 1.807) is 39.0 Å². The smallest absolute Gasteiger partial charge is 0.411 e. The second kappa shape index (κ2) is 14.3. The number of thiazole rings is 1. The van der Waals surface area contributed by atoms with Crippen LogP contribution in [0.5, 0.6) is 0 Å². The third-order valence-corrected chi connectivity index (χ3v) is 9.33. The summed E-state index contributed by atoms with van der Waals surface area (Å²) in [5.41, 5.74) is 9.82. The van der Waals surface area contributed by atoms with E-state index in [1.807, 2.05) is 67.6 Å². The Morgan fingerprint density at radius 1 is 1.04 bits per heavy atom. The summed E-state index contributed by atoms with van der Waals surface area (Å²) in [6.07, 6.45) is -0.209. The van der Waals surface area contributed by atoms with E-state index in [2.05, 4.69) is 15.6 Å². The van der Waals surface area contributed by atoms with Crippen LogP contribution < -0.4 is 16.4 Å². The van der Waals surface area contributed by atoms with Crippen LogP contribution in [0.1, 0.15) is 30.0 Å². The first-order valence-electron chi connectivity index (χ1n) is 15.8. The van der Waals surface area contributed by atoms with Crippen LogP contribution in [0.25, 0.3) is 10.2 Å². The molecule has 6 rings (SSSR count).